The van der Waals surface area contributed by atoms with Crippen LogP contribution in [0.4, 0.5) is 0 Å². The highest BCUT2D eigenvalue weighted by molar-refractivity contribution is 7.89. The van der Waals surface area contributed by atoms with Crippen molar-refractivity contribution in [2.24, 2.45) is 5.92 Å². The molecule has 0 unspecified atom stereocenters. The van der Waals surface area contributed by atoms with Crippen LogP contribution < -0.4 is 5.32 Å². The fourth-order valence-electron chi connectivity index (χ4n) is 3.25. The first-order chi connectivity index (χ1) is 9.12. The summed E-state index contributed by atoms with van der Waals surface area (Å²) in [4.78, 5) is 0. The van der Waals surface area contributed by atoms with E-state index in [2.05, 4.69) is 5.32 Å². The lowest BCUT2D eigenvalue weighted by atomic mass is 9.89. The molecule has 1 saturated carbocycles. The number of hydrogen-bond donors (Lipinski definition) is 1. The van der Waals surface area contributed by atoms with E-state index in [1.54, 1.807) is 11.2 Å². The van der Waals surface area contributed by atoms with Gasteiger partial charge in [-0.25, -0.2) is 12.7 Å². The van der Waals surface area contributed by atoms with Crippen LogP contribution in [0.2, 0.25) is 0 Å². The third-order valence-corrected chi connectivity index (χ3v) is 6.51. The summed E-state index contributed by atoms with van der Waals surface area (Å²) in [5, 5.41) is 3.66. The summed E-state index contributed by atoms with van der Waals surface area (Å²) in [5.41, 5.74) is 0. The zero-order valence-electron chi connectivity index (χ0n) is 12.1. The van der Waals surface area contributed by atoms with Crippen LogP contribution in [0.15, 0.2) is 0 Å². The lowest BCUT2D eigenvalue weighted by Crippen LogP contribution is -2.46. The van der Waals surface area contributed by atoms with Gasteiger partial charge >= 0.3 is 0 Å². The summed E-state index contributed by atoms with van der Waals surface area (Å²) >= 11 is 0. The molecule has 112 valence electrons. The number of piperidine rings is 1. The van der Waals surface area contributed by atoms with Crippen LogP contribution in [-0.4, -0.2) is 44.2 Å². The number of nitrogens with zero attached hydrogens (tertiary/aromatic N) is 1. The van der Waals surface area contributed by atoms with Crippen molar-refractivity contribution in [1.82, 2.24) is 9.62 Å². The molecular formula is C14H28N2O2S. The van der Waals surface area contributed by atoms with Crippen LogP contribution in [0.3, 0.4) is 0 Å². The van der Waals surface area contributed by atoms with Crippen LogP contribution in [0, 0.1) is 5.92 Å². The lowest BCUT2D eigenvalue weighted by molar-refractivity contribution is 0.264. The molecule has 0 atom stereocenters. The second-order valence-electron chi connectivity index (χ2n) is 5.99. The summed E-state index contributed by atoms with van der Waals surface area (Å²) < 4.78 is 25.2. The molecular weight excluding hydrogens is 260 g/mol. The van der Waals surface area contributed by atoms with Crippen molar-refractivity contribution in [2.75, 3.05) is 25.4 Å². The van der Waals surface area contributed by atoms with Gasteiger partial charge < -0.3 is 5.32 Å². The summed E-state index contributed by atoms with van der Waals surface area (Å²) in [6.07, 6.45) is 8.85. The van der Waals surface area contributed by atoms with Gasteiger partial charge in [0.1, 0.15) is 0 Å². The Hall–Kier alpha value is -0.130. The van der Waals surface area contributed by atoms with Gasteiger partial charge in [0.15, 0.2) is 0 Å². The molecule has 1 heterocycles. The van der Waals surface area contributed by atoms with Gasteiger partial charge in [-0.3, -0.25) is 0 Å². The second kappa shape index (κ2) is 7.04. The molecule has 0 aromatic heterocycles. The van der Waals surface area contributed by atoms with E-state index < -0.39 is 10.0 Å². The van der Waals surface area contributed by atoms with Crippen LogP contribution in [0.25, 0.3) is 0 Å². The molecule has 0 bridgehead atoms. The molecule has 1 aliphatic carbocycles. The maximum atomic E-state index is 11.8. The Morgan fingerprint density at radius 3 is 2.26 bits per heavy atom. The lowest BCUT2D eigenvalue weighted by Gasteiger charge is -2.33. The van der Waals surface area contributed by atoms with Crippen LogP contribution in [0.5, 0.6) is 0 Å². The van der Waals surface area contributed by atoms with Gasteiger partial charge in [-0.05, 0) is 45.1 Å². The minimum absolute atomic E-state index is 0.229. The molecule has 1 N–H and O–H groups in total. The predicted octanol–water partition coefficient (Wildman–Crippen LogP) is 1.97. The zero-order chi connectivity index (χ0) is 13.7. The Morgan fingerprint density at radius 1 is 1.05 bits per heavy atom. The largest absolute Gasteiger partial charge is 0.314 e. The highest BCUT2D eigenvalue weighted by Crippen LogP contribution is 2.23. The fourth-order valence-corrected chi connectivity index (χ4v) is 4.38. The Morgan fingerprint density at radius 2 is 1.68 bits per heavy atom. The molecule has 0 spiro atoms. The van der Waals surface area contributed by atoms with Gasteiger partial charge in [0.05, 0.1) is 5.75 Å². The number of sulfonamides is 1. The SMILES string of the molecule is CCS(=O)(=O)N1CCC(NCC2CCCCC2)CC1. The molecule has 0 aromatic rings. The van der Waals surface area contributed by atoms with Crippen molar-refractivity contribution in [1.29, 1.82) is 0 Å². The average molecular weight is 288 g/mol. The van der Waals surface area contributed by atoms with Gasteiger partial charge in [0.25, 0.3) is 0 Å². The number of nitrogens with one attached hydrogen (secondary N) is 1. The minimum atomic E-state index is -2.97. The first kappa shape index (κ1) is 15.3. The van der Waals surface area contributed by atoms with E-state index in [9.17, 15) is 8.42 Å². The topological polar surface area (TPSA) is 49.4 Å². The third-order valence-electron chi connectivity index (χ3n) is 4.63. The maximum Gasteiger partial charge on any atom is 0.213 e. The maximum absolute atomic E-state index is 11.8. The molecule has 1 aliphatic heterocycles. The molecule has 19 heavy (non-hydrogen) atoms. The Balaban J connectivity index is 1.68. The summed E-state index contributed by atoms with van der Waals surface area (Å²) in [6.45, 7) is 4.24. The molecule has 0 aromatic carbocycles. The molecule has 0 radical (unpaired) electrons. The monoisotopic (exact) mass is 288 g/mol. The first-order valence-electron chi connectivity index (χ1n) is 7.83. The molecule has 5 heteroatoms. The molecule has 1 saturated heterocycles. The molecule has 4 nitrogen and oxygen atoms in total. The zero-order valence-corrected chi connectivity index (χ0v) is 12.9. The number of rotatable bonds is 5. The fraction of sp³-hybridized carbons (Fsp3) is 1.00. The third kappa shape index (κ3) is 4.43. The second-order valence-corrected chi connectivity index (χ2v) is 8.24. The van der Waals surface area contributed by atoms with Crippen LogP contribution in [0.1, 0.15) is 51.9 Å². The summed E-state index contributed by atoms with van der Waals surface area (Å²) in [7, 11) is -2.97. The molecule has 2 rings (SSSR count). The number of hydrogen-bond acceptors (Lipinski definition) is 3. The summed E-state index contributed by atoms with van der Waals surface area (Å²) in [6, 6.07) is 0.519. The van der Waals surface area contributed by atoms with Crippen LogP contribution >= 0.6 is 0 Å². The van der Waals surface area contributed by atoms with Gasteiger partial charge in [-0.2, -0.15) is 0 Å². The van der Waals surface area contributed by atoms with Crippen molar-refractivity contribution < 1.29 is 8.42 Å². The predicted molar refractivity (Wildman–Crippen MR) is 78.6 cm³/mol. The smallest absolute Gasteiger partial charge is 0.213 e. The van der Waals surface area contributed by atoms with E-state index in [4.69, 9.17) is 0 Å². The quantitative estimate of drug-likeness (QED) is 0.841. The Labute approximate surface area is 118 Å². The van der Waals surface area contributed by atoms with E-state index in [0.717, 1.165) is 25.3 Å². The highest BCUT2D eigenvalue weighted by Gasteiger charge is 2.26. The van der Waals surface area contributed by atoms with E-state index in [1.807, 2.05) is 0 Å². The normalized spacial score (nSPS) is 24.7. The van der Waals surface area contributed by atoms with E-state index in [0.29, 0.717) is 19.1 Å². The van der Waals surface area contributed by atoms with E-state index >= 15 is 0 Å². The minimum Gasteiger partial charge on any atom is -0.314 e. The van der Waals surface area contributed by atoms with Crippen molar-refractivity contribution >= 4 is 10.0 Å². The Kier molecular flexibility index (Phi) is 5.66. The van der Waals surface area contributed by atoms with Crippen molar-refractivity contribution in [3.63, 3.8) is 0 Å². The first-order valence-corrected chi connectivity index (χ1v) is 9.44. The molecule has 2 aliphatic rings. The molecule has 2 fully saturated rings. The van der Waals surface area contributed by atoms with Crippen molar-refractivity contribution in [3.05, 3.63) is 0 Å². The highest BCUT2D eigenvalue weighted by atomic mass is 32.2. The van der Waals surface area contributed by atoms with Gasteiger partial charge in [0.2, 0.25) is 10.0 Å². The molecule has 0 amide bonds. The van der Waals surface area contributed by atoms with Gasteiger partial charge in [-0.1, -0.05) is 19.3 Å². The van der Waals surface area contributed by atoms with Crippen molar-refractivity contribution in [3.8, 4) is 0 Å². The van der Waals surface area contributed by atoms with Crippen LogP contribution in [-0.2, 0) is 10.0 Å². The standard InChI is InChI=1S/C14H28N2O2S/c1-2-19(17,18)16-10-8-14(9-11-16)15-12-13-6-4-3-5-7-13/h13-15H,2-12H2,1H3. The van der Waals surface area contributed by atoms with E-state index in [1.165, 1.54) is 32.1 Å². The van der Waals surface area contributed by atoms with Gasteiger partial charge in [0, 0.05) is 19.1 Å². The Bertz CT molecular complexity index is 356. The summed E-state index contributed by atoms with van der Waals surface area (Å²) in [5.74, 6) is 1.08. The van der Waals surface area contributed by atoms with Crippen molar-refractivity contribution in [2.45, 2.75) is 57.9 Å². The van der Waals surface area contributed by atoms with E-state index in [-0.39, 0.29) is 5.75 Å². The van der Waals surface area contributed by atoms with Gasteiger partial charge in [-0.15, -0.1) is 0 Å². The average Bonchev–Trinajstić information content (AvgIpc) is 2.47.